The average Bonchev–Trinajstić information content (AvgIpc) is 2.82. The molecule has 1 saturated carbocycles. The Morgan fingerprint density at radius 3 is 2.55 bits per heavy atom. The smallest absolute Gasteiger partial charge is 0.00966 e. The summed E-state index contributed by atoms with van der Waals surface area (Å²) in [6.07, 6.45) is 5.56. The molecule has 1 aromatic rings. The first-order valence-corrected chi connectivity index (χ1v) is 9.02. The lowest BCUT2D eigenvalue weighted by Crippen LogP contribution is -2.41. The summed E-state index contributed by atoms with van der Waals surface area (Å²) >= 11 is 2.02. The van der Waals surface area contributed by atoms with Crippen LogP contribution in [0.2, 0.25) is 0 Å². The van der Waals surface area contributed by atoms with E-state index in [0.29, 0.717) is 0 Å². The molecule has 3 atom stereocenters. The van der Waals surface area contributed by atoms with Crippen LogP contribution in [0.3, 0.4) is 0 Å². The van der Waals surface area contributed by atoms with Crippen LogP contribution in [0.5, 0.6) is 0 Å². The van der Waals surface area contributed by atoms with E-state index in [1.54, 1.807) is 4.88 Å². The summed E-state index contributed by atoms with van der Waals surface area (Å²) in [5.41, 5.74) is 0.234. The van der Waals surface area contributed by atoms with Crippen molar-refractivity contribution in [3.05, 3.63) is 21.9 Å². The Morgan fingerprint density at radius 1 is 1.25 bits per heavy atom. The molecular weight excluding hydrogens is 262 g/mol. The molecular formula is C18H31NS. The van der Waals surface area contributed by atoms with Crippen molar-refractivity contribution >= 4 is 11.3 Å². The number of aryl methyl sites for hydroxylation is 1. The van der Waals surface area contributed by atoms with Crippen molar-refractivity contribution in [2.75, 3.05) is 6.54 Å². The number of hydrogen-bond donors (Lipinski definition) is 1. The van der Waals surface area contributed by atoms with Gasteiger partial charge in [-0.3, -0.25) is 0 Å². The molecule has 1 fully saturated rings. The number of thiophene rings is 1. The minimum Gasteiger partial charge on any atom is -0.312 e. The third-order valence-corrected chi connectivity index (χ3v) is 5.83. The molecule has 0 saturated heterocycles. The van der Waals surface area contributed by atoms with Crippen molar-refractivity contribution in [2.45, 2.75) is 71.8 Å². The van der Waals surface area contributed by atoms with E-state index in [4.69, 9.17) is 0 Å². The Hall–Kier alpha value is -0.340. The molecule has 0 radical (unpaired) electrons. The third kappa shape index (κ3) is 4.33. The van der Waals surface area contributed by atoms with Crippen LogP contribution in [-0.4, -0.2) is 12.1 Å². The first kappa shape index (κ1) is 16.0. The molecule has 3 unspecified atom stereocenters. The maximum Gasteiger partial charge on any atom is 0.00966 e. The fourth-order valence-corrected chi connectivity index (χ4v) is 4.46. The van der Waals surface area contributed by atoms with Gasteiger partial charge in [0, 0.05) is 15.3 Å². The van der Waals surface area contributed by atoms with Gasteiger partial charge in [-0.1, -0.05) is 19.8 Å². The normalized spacial score (nSPS) is 27.8. The van der Waals surface area contributed by atoms with Crippen LogP contribution in [0, 0.1) is 18.8 Å². The lowest BCUT2D eigenvalue weighted by atomic mass is 9.72. The fraction of sp³-hybridized carbons (Fsp3) is 0.778. The van der Waals surface area contributed by atoms with Gasteiger partial charge in [-0.2, -0.15) is 0 Å². The van der Waals surface area contributed by atoms with E-state index >= 15 is 0 Å². The maximum absolute atomic E-state index is 3.74. The van der Waals surface area contributed by atoms with Crippen molar-refractivity contribution in [1.29, 1.82) is 0 Å². The summed E-state index contributed by atoms with van der Waals surface area (Å²) in [7, 11) is 0. The molecule has 1 N–H and O–H groups in total. The second kappa shape index (κ2) is 6.62. The maximum atomic E-state index is 3.74. The molecule has 20 heavy (non-hydrogen) atoms. The topological polar surface area (TPSA) is 12.0 Å². The third-order valence-electron chi connectivity index (χ3n) is 4.70. The van der Waals surface area contributed by atoms with Crippen molar-refractivity contribution in [2.24, 2.45) is 11.8 Å². The SMILES string of the molecule is CCC1CCC(CNC(C)(C)C)C(c2ccc(C)s2)C1. The Balaban J connectivity index is 2.08. The number of nitrogens with one attached hydrogen (secondary N) is 1. The van der Waals surface area contributed by atoms with Gasteiger partial charge in [0.1, 0.15) is 0 Å². The first-order chi connectivity index (χ1) is 9.39. The molecule has 0 aliphatic heterocycles. The monoisotopic (exact) mass is 293 g/mol. The minimum atomic E-state index is 0.234. The lowest BCUT2D eigenvalue weighted by molar-refractivity contribution is 0.215. The van der Waals surface area contributed by atoms with Gasteiger partial charge in [-0.25, -0.2) is 0 Å². The predicted molar refractivity (Wildman–Crippen MR) is 90.7 cm³/mol. The van der Waals surface area contributed by atoms with Crippen molar-refractivity contribution in [3.63, 3.8) is 0 Å². The first-order valence-electron chi connectivity index (χ1n) is 8.20. The van der Waals surface area contributed by atoms with Crippen LogP contribution in [0.4, 0.5) is 0 Å². The summed E-state index contributed by atoms with van der Waals surface area (Å²) < 4.78 is 0. The van der Waals surface area contributed by atoms with Gasteiger partial charge in [0.2, 0.25) is 0 Å². The minimum absolute atomic E-state index is 0.234. The molecule has 1 aliphatic rings. The van der Waals surface area contributed by atoms with E-state index < -0.39 is 0 Å². The molecule has 0 aromatic carbocycles. The van der Waals surface area contributed by atoms with Crippen LogP contribution in [0.1, 0.15) is 69.1 Å². The molecule has 1 aliphatic carbocycles. The van der Waals surface area contributed by atoms with Crippen molar-refractivity contribution in [1.82, 2.24) is 5.32 Å². The standard InChI is InChI=1S/C18H31NS/c1-6-14-8-9-15(12-19-18(3,4)5)16(11-14)17-10-7-13(2)20-17/h7,10,14-16,19H,6,8-9,11-12H2,1-5H3. The highest BCUT2D eigenvalue weighted by atomic mass is 32.1. The van der Waals surface area contributed by atoms with Crippen molar-refractivity contribution in [3.8, 4) is 0 Å². The highest BCUT2D eigenvalue weighted by Gasteiger charge is 2.32. The van der Waals surface area contributed by atoms with Crippen LogP contribution in [0.15, 0.2) is 12.1 Å². The molecule has 1 heterocycles. The Labute approximate surface area is 129 Å². The second-order valence-corrected chi connectivity index (χ2v) is 8.85. The molecule has 114 valence electrons. The lowest BCUT2D eigenvalue weighted by Gasteiger charge is -2.37. The largest absolute Gasteiger partial charge is 0.312 e. The van der Waals surface area contributed by atoms with Crippen LogP contribution < -0.4 is 5.32 Å². The van der Waals surface area contributed by atoms with Crippen LogP contribution in [-0.2, 0) is 0 Å². The molecule has 2 heteroatoms. The van der Waals surface area contributed by atoms with E-state index in [0.717, 1.165) is 17.8 Å². The number of rotatable bonds is 4. The molecule has 1 nitrogen and oxygen atoms in total. The van der Waals surface area contributed by atoms with E-state index in [9.17, 15) is 0 Å². The molecule has 1 aromatic heterocycles. The van der Waals surface area contributed by atoms with Gasteiger partial charge in [0.25, 0.3) is 0 Å². The van der Waals surface area contributed by atoms with Crippen LogP contribution >= 0.6 is 11.3 Å². The fourth-order valence-electron chi connectivity index (χ4n) is 3.37. The van der Waals surface area contributed by atoms with E-state index in [-0.39, 0.29) is 5.54 Å². The van der Waals surface area contributed by atoms with Gasteiger partial charge >= 0.3 is 0 Å². The van der Waals surface area contributed by atoms with Gasteiger partial charge in [0.15, 0.2) is 0 Å². The van der Waals surface area contributed by atoms with E-state index in [1.807, 2.05) is 11.3 Å². The Bertz CT molecular complexity index is 415. The van der Waals surface area contributed by atoms with E-state index in [1.165, 1.54) is 37.1 Å². The van der Waals surface area contributed by atoms with Gasteiger partial charge in [0.05, 0.1) is 0 Å². The van der Waals surface area contributed by atoms with Crippen molar-refractivity contribution < 1.29 is 0 Å². The molecule has 0 bridgehead atoms. The van der Waals surface area contributed by atoms with Gasteiger partial charge in [-0.15, -0.1) is 11.3 Å². The van der Waals surface area contributed by atoms with Gasteiger partial charge < -0.3 is 5.32 Å². The summed E-state index contributed by atoms with van der Waals surface area (Å²) in [5, 5.41) is 3.74. The zero-order valence-electron chi connectivity index (χ0n) is 13.8. The van der Waals surface area contributed by atoms with Gasteiger partial charge in [-0.05, 0) is 77.0 Å². The molecule has 0 spiro atoms. The second-order valence-electron chi connectivity index (χ2n) is 7.53. The average molecular weight is 294 g/mol. The summed E-state index contributed by atoms with van der Waals surface area (Å²) in [6.45, 7) is 12.6. The highest BCUT2D eigenvalue weighted by Crippen LogP contribution is 2.43. The highest BCUT2D eigenvalue weighted by molar-refractivity contribution is 7.12. The molecule has 0 amide bonds. The summed E-state index contributed by atoms with van der Waals surface area (Å²) in [6, 6.07) is 4.68. The zero-order chi connectivity index (χ0) is 14.8. The predicted octanol–water partition coefficient (Wildman–Crippen LogP) is 5.35. The summed E-state index contributed by atoms with van der Waals surface area (Å²) in [4.78, 5) is 3.09. The summed E-state index contributed by atoms with van der Waals surface area (Å²) in [5.74, 6) is 2.53. The number of hydrogen-bond acceptors (Lipinski definition) is 2. The Kier molecular flexibility index (Phi) is 5.30. The van der Waals surface area contributed by atoms with Crippen LogP contribution in [0.25, 0.3) is 0 Å². The Morgan fingerprint density at radius 2 is 2.00 bits per heavy atom. The van der Waals surface area contributed by atoms with E-state index in [2.05, 4.69) is 52.1 Å². The zero-order valence-corrected chi connectivity index (χ0v) is 14.6. The quantitative estimate of drug-likeness (QED) is 0.788. The molecule has 2 rings (SSSR count).